The highest BCUT2D eigenvalue weighted by Crippen LogP contribution is 2.24. The Morgan fingerprint density at radius 1 is 1.31 bits per heavy atom. The van der Waals surface area contributed by atoms with Crippen molar-refractivity contribution in [3.05, 3.63) is 28.2 Å². The number of carbonyl (C=O) groups excluding carboxylic acids is 1. The SMILES string of the molecule is O=C(Nc1ccc(Cl)c(Cl)c1)NC1CNC1. The highest BCUT2D eigenvalue weighted by molar-refractivity contribution is 6.42. The van der Waals surface area contributed by atoms with Crippen molar-refractivity contribution in [2.24, 2.45) is 0 Å². The van der Waals surface area contributed by atoms with Gasteiger partial charge in [-0.25, -0.2) is 4.79 Å². The van der Waals surface area contributed by atoms with Gasteiger partial charge < -0.3 is 16.0 Å². The number of anilines is 1. The topological polar surface area (TPSA) is 53.2 Å². The van der Waals surface area contributed by atoms with E-state index in [1.807, 2.05) is 0 Å². The highest BCUT2D eigenvalue weighted by atomic mass is 35.5. The molecule has 0 unspecified atom stereocenters. The Morgan fingerprint density at radius 3 is 2.62 bits per heavy atom. The van der Waals surface area contributed by atoms with Gasteiger partial charge in [0.1, 0.15) is 0 Å². The number of rotatable bonds is 2. The second kappa shape index (κ2) is 4.91. The van der Waals surface area contributed by atoms with Crippen LogP contribution in [0.25, 0.3) is 0 Å². The minimum Gasteiger partial charge on any atom is -0.333 e. The first kappa shape index (κ1) is 11.5. The van der Waals surface area contributed by atoms with Crippen LogP contribution >= 0.6 is 23.2 Å². The number of benzene rings is 1. The fraction of sp³-hybridized carbons (Fsp3) is 0.300. The molecule has 86 valence electrons. The Morgan fingerprint density at radius 2 is 2.06 bits per heavy atom. The molecule has 1 saturated heterocycles. The molecule has 4 nitrogen and oxygen atoms in total. The van der Waals surface area contributed by atoms with E-state index in [1.165, 1.54) is 0 Å². The first-order valence-corrected chi connectivity index (χ1v) is 5.64. The van der Waals surface area contributed by atoms with Gasteiger partial charge in [-0.2, -0.15) is 0 Å². The molecule has 0 atom stereocenters. The normalized spacial score (nSPS) is 15.4. The summed E-state index contributed by atoms with van der Waals surface area (Å²) in [7, 11) is 0. The monoisotopic (exact) mass is 259 g/mol. The van der Waals surface area contributed by atoms with Crippen LogP contribution in [0.4, 0.5) is 10.5 Å². The van der Waals surface area contributed by atoms with E-state index in [-0.39, 0.29) is 12.1 Å². The molecular weight excluding hydrogens is 249 g/mol. The van der Waals surface area contributed by atoms with Gasteiger partial charge in [0.15, 0.2) is 0 Å². The Hall–Kier alpha value is -0.970. The average molecular weight is 260 g/mol. The smallest absolute Gasteiger partial charge is 0.319 e. The van der Waals surface area contributed by atoms with Crippen LogP contribution in [0.15, 0.2) is 18.2 Å². The third-order valence-corrected chi connectivity index (χ3v) is 3.03. The Balaban J connectivity index is 1.92. The summed E-state index contributed by atoms with van der Waals surface area (Å²) in [6.45, 7) is 1.63. The molecule has 0 aromatic heterocycles. The van der Waals surface area contributed by atoms with Crippen molar-refractivity contribution >= 4 is 34.9 Å². The lowest BCUT2D eigenvalue weighted by Crippen LogP contribution is -2.57. The molecule has 1 heterocycles. The van der Waals surface area contributed by atoms with E-state index in [1.54, 1.807) is 18.2 Å². The van der Waals surface area contributed by atoms with Gasteiger partial charge in [-0.3, -0.25) is 0 Å². The molecule has 0 aliphatic carbocycles. The fourth-order valence-electron chi connectivity index (χ4n) is 1.32. The standard InChI is InChI=1S/C10H11Cl2N3O/c11-8-2-1-6(3-9(8)12)14-10(16)15-7-4-13-5-7/h1-3,7,13H,4-5H2,(H2,14,15,16). The second-order valence-corrected chi connectivity index (χ2v) is 4.40. The summed E-state index contributed by atoms with van der Waals surface area (Å²) in [5.74, 6) is 0. The van der Waals surface area contributed by atoms with Crippen LogP contribution in [-0.2, 0) is 0 Å². The first-order chi connectivity index (χ1) is 7.65. The maximum Gasteiger partial charge on any atom is 0.319 e. The predicted octanol–water partition coefficient (Wildman–Crippen LogP) is 2.09. The van der Waals surface area contributed by atoms with E-state index < -0.39 is 0 Å². The van der Waals surface area contributed by atoms with Gasteiger partial charge in [-0.15, -0.1) is 0 Å². The van der Waals surface area contributed by atoms with Crippen LogP contribution in [0, 0.1) is 0 Å². The van der Waals surface area contributed by atoms with Crippen molar-refractivity contribution in [3.8, 4) is 0 Å². The lowest BCUT2D eigenvalue weighted by Gasteiger charge is -2.27. The van der Waals surface area contributed by atoms with Gasteiger partial charge in [0.05, 0.1) is 16.1 Å². The molecule has 0 saturated carbocycles. The zero-order valence-corrected chi connectivity index (χ0v) is 9.90. The van der Waals surface area contributed by atoms with E-state index in [2.05, 4.69) is 16.0 Å². The van der Waals surface area contributed by atoms with Crippen LogP contribution in [0.5, 0.6) is 0 Å². The number of hydrogen-bond acceptors (Lipinski definition) is 2. The number of amides is 2. The minimum absolute atomic E-state index is 0.211. The molecule has 0 radical (unpaired) electrons. The molecule has 1 fully saturated rings. The minimum atomic E-state index is -0.232. The van der Waals surface area contributed by atoms with Crippen molar-refractivity contribution in [1.82, 2.24) is 10.6 Å². The molecule has 1 aromatic carbocycles. The van der Waals surface area contributed by atoms with Crippen molar-refractivity contribution in [2.75, 3.05) is 18.4 Å². The van der Waals surface area contributed by atoms with Crippen molar-refractivity contribution in [3.63, 3.8) is 0 Å². The van der Waals surface area contributed by atoms with Crippen LogP contribution < -0.4 is 16.0 Å². The van der Waals surface area contributed by atoms with Crippen LogP contribution in [-0.4, -0.2) is 25.2 Å². The molecule has 1 aliphatic heterocycles. The third-order valence-electron chi connectivity index (χ3n) is 2.29. The Bertz CT molecular complexity index is 407. The van der Waals surface area contributed by atoms with Gasteiger partial charge in [0.25, 0.3) is 0 Å². The van der Waals surface area contributed by atoms with E-state index in [9.17, 15) is 4.79 Å². The Labute approximate surface area is 103 Å². The van der Waals surface area contributed by atoms with Crippen molar-refractivity contribution in [2.45, 2.75) is 6.04 Å². The maximum atomic E-state index is 11.5. The van der Waals surface area contributed by atoms with Crippen LogP contribution in [0.3, 0.4) is 0 Å². The fourth-order valence-corrected chi connectivity index (χ4v) is 1.62. The largest absolute Gasteiger partial charge is 0.333 e. The third kappa shape index (κ3) is 2.78. The van der Waals surface area contributed by atoms with E-state index in [0.717, 1.165) is 13.1 Å². The lowest BCUT2D eigenvalue weighted by atomic mass is 10.2. The number of nitrogens with one attached hydrogen (secondary N) is 3. The summed E-state index contributed by atoms with van der Waals surface area (Å²) in [6.07, 6.45) is 0. The quantitative estimate of drug-likeness (QED) is 0.762. The van der Waals surface area contributed by atoms with Gasteiger partial charge in [-0.05, 0) is 18.2 Å². The lowest BCUT2D eigenvalue weighted by molar-refractivity contribution is 0.243. The average Bonchev–Trinajstić information content (AvgIpc) is 2.18. The van der Waals surface area contributed by atoms with E-state index >= 15 is 0 Å². The number of carbonyl (C=O) groups is 1. The van der Waals surface area contributed by atoms with E-state index in [0.29, 0.717) is 15.7 Å². The molecular formula is C10H11Cl2N3O. The highest BCUT2D eigenvalue weighted by Gasteiger charge is 2.18. The van der Waals surface area contributed by atoms with Gasteiger partial charge in [0, 0.05) is 18.8 Å². The summed E-state index contributed by atoms with van der Waals surface area (Å²) in [5, 5.41) is 9.45. The maximum absolute atomic E-state index is 11.5. The summed E-state index contributed by atoms with van der Waals surface area (Å²) in [5.41, 5.74) is 0.624. The second-order valence-electron chi connectivity index (χ2n) is 3.58. The molecule has 16 heavy (non-hydrogen) atoms. The molecule has 6 heteroatoms. The number of hydrogen-bond donors (Lipinski definition) is 3. The number of urea groups is 1. The van der Waals surface area contributed by atoms with Crippen LogP contribution in [0.1, 0.15) is 0 Å². The molecule has 3 N–H and O–H groups in total. The van der Waals surface area contributed by atoms with E-state index in [4.69, 9.17) is 23.2 Å². The molecule has 2 amide bonds. The van der Waals surface area contributed by atoms with Crippen molar-refractivity contribution in [1.29, 1.82) is 0 Å². The molecule has 0 bridgehead atoms. The first-order valence-electron chi connectivity index (χ1n) is 4.88. The molecule has 1 aliphatic rings. The molecule has 2 rings (SSSR count). The Kier molecular flexibility index (Phi) is 3.53. The molecule has 0 spiro atoms. The summed E-state index contributed by atoms with van der Waals surface area (Å²) in [6, 6.07) is 4.94. The van der Waals surface area contributed by atoms with Gasteiger partial charge in [0.2, 0.25) is 0 Å². The van der Waals surface area contributed by atoms with Crippen LogP contribution in [0.2, 0.25) is 10.0 Å². The van der Waals surface area contributed by atoms with Crippen molar-refractivity contribution < 1.29 is 4.79 Å². The van der Waals surface area contributed by atoms with Gasteiger partial charge in [-0.1, -0.05) is 23.2 Å². The number of halogens is 2. The zero-order chi connectivity index (χ0) is 11.5. The zero-order valence-electron chi connectivity index (χ0n) is 8.39. The molecule has 1 aromatic rings. The summed E-state index contributed by atoms with van der Waals surface area (Å²) < 4.78 is 0. The summed E-state index contributed by atoms with van der Waals surface area (Å²) >= 11 is 11.6. The predicted molar refractivity (Wildman–Crippen MR) is 65.3 cm³/mol. The van der Waals surface area contributed by atoms with Gasteiger partial charge >= 0.3 is 6.03 Å². The summed E-state index contributed by atoms with van der Waals surface area (Å²) in [4.78, 5) is 11.5.